The van der Waals surface area contributed by atoms with Crippen molar-refractivity contribution >= 4 is 8.41 Å². The summed E-state index contributed by atoms with van der Waals surface area (Å²) in [6.45, 7) is 0. The molecular weight excluding hydrogens is 186 g/mol. The minimum atomic E-state index is 0. The molecule has 4 heavy (non-hydrogen) atoms. The smallest absolute Gasteiger partial charge is 0 e. The zero-order valence-electron chi connectivity index (χ0n) is 1.68. The summed E-state index contributed by atoms with van der Waals surface area (Å²) in [5.74, 6) is 0. The van der Waals surface area contributed by atoms with Gasteiger partial charge in [-0.3, -0.25) is 0 Å². The molecule has 0 heterocycles. The first-order valence-corrected chi connectivity index (χ1v) is 0. The van der Waals surface area contributed by atoms with Gasteiger partial charge in [0, 0.05) is 64.3 Å². The zero-order chi connectivity index (χ0) is 0. The summed E-state index contributed by atoms with van der Waals surface area (Å²) in [4.78, 5) is 0. The van der Waals surface area contributed by atoms with E-state index in [1.807, 2.05) is 0 Å². The third-order valence-corrected chi connectivity index (χ3v) is 0. The number of hydrogen-bond donors (Lipinski definition) is 0. The molecule has 0 fully saturated rings. The second-order valence-electron chi connectivity index (χ2n) is 0. The minimum absolute atomic E-state index is 0. The van der Waals surface area contributed by atoms with Crippen molar-refractivity contribution in [3.8, 4) is 0 Å². The van der Waals surface area contributed by atoms with Crippen LogP contribution in [0.5, 0.6) is 0 Å². The van der Waals surface area contributed by atoms with Crippen molar-refractivity contribution in [2.45, 2.75) is 0 Å². The first-order chi connectivity index (χ1) is 0. The van der Waals surface area contributed by atoms with Gasteiger partial charge in [0.25, 0.3) is 0 Å². The van der Waals surface area contributed by atoms with Crippen LogP contribution in [0.15, 0.2) is 0 Å². The monoisotopic (exact) mass is 185 g/mol. The van der Waals surface area contributed by atoms with Crippen LogP contribution < -0.4 is 0 Å². The maximum absolute atomic E-state index is 0. The maximum atomic E-state index is 0. The van der Waals surface area contributed by atoms with Crippen molar-refractivity contribution in [2.75, 3.05) is 0 Å². The molecule has 0 N–H and O–H groups in total. The van der Waals surface area contributed by atoms with Crippen LogP contribution in [0.1, 0.15) is 0 Å². The Balaban J connectivity index is 0. The molecule has 0 spiro atoms. The van der Waals surface area contributed by atoms with E-state index in [1.54, 1.807) is 0 Å². The Morgan fingerprint density at radius 1 is 0.750 bits per heavy atom. The molecule has 29 valence electrons. The van der Waals surface area contributed by atoms with Crippen molar-refractivity contribution in [1.29, 1.82) is 0 Å². The van der Waals surface area contributed by atoms with Gasteiger partial charge in [-0.1, -0.05) is 0 Å². The molecule has 0 aliphatic rings. The van der Waals surface area contributed by atoms with Crippen LogP contribution in [0, 0.1) is 0 Å². The van der Waals surface area contributed by atoms with Gasteiger partial charge in [-0.25, -0.2) is 0 Å². The van der Waals surface area contributed by atoms with Crippen LogP contribution in [0.25, 0.3) is 0 Å². The Morgan fingerprint density at radius 3 is 0.750 bits per heavy atom. The average Bonchev–Trinajstić information content (AvgIpc) is 0. The van der Waals surface area contributed by atoms with Crippen molar-refractivity contribution in [1.82, 2.24) is 0 Å². The summed E-state index contributed by atoms with van der Waals surface area (Å²) in [6, 6.07) is 0. The van der Waals surface area contributed by atoms with Gasteiger partial charge in [-0.15, -0.1) is 0 Å². The van der Waals surface area contributed by atoms with E-state index < -0.39 is 0 Å². The standard InChI is InChI=1S/B.2Cu.Ti. The van der Waals surface area contributed by atoms with Gasteiger partial charge >= 0.3 is 0 Å². The molecule has 0 bridgehead atoms. The van der Waals surface area contributed by atoms with E-state index in [0.717, 1.165) is 0 Å². The molecule has 0 nitrogen and oxygen atoms in total. The molecule has 4 heteroatoms. The predicted octanol–water partition coefficient (Wildman–Crippen LogP) is -0.388. The van der Waals surface area contributed by atoms with Crippen LogP contribution in [0.2, 0.25) is 0 Å². The number of rotatable bonds is 0. The fourth-order valence-electron chi connectivity index (χ4n) is 0. The molecule has 0 aromatic carbocycles. The molecular formula is BCu2Ti. The molecule has 0 unspecified atom stereocenters. The molecule has 0 atom stereocenters. The van der Waals surface area contributed by atoms with Gasteiger partial charge in [0.15, 0.2) is 0 Å². The fraction of sp³-hybridized carbons (Fsp3) is 0. The summed E-state index contributed by atoms with van der Waals surface area (Å²) in [6.07, 6.45) is 0. The van der Waals surface area contributed by atoms with Crippen molar-refractivity contribution in [2.24, 2.45) is 0 Å². The molecule has 5 radical (unpaired) electrons. The normalized spacial score (nSPS) is 0. The van der Waals surface area contributed by atoms with Crippen molar-refractivity contribution < 1.29 is 55.9 Å². The van der Waals surface area contributed by atoms with Crippen molar-refractivity contribution in [3.05, 3.63) is 0 Å². The van der Waals surface area contributed by atoms with Crippen LogP contribution in [0.4, 0.5) is 0 Å². The van der Waals surface area contributed by atoms with E-state index in [4.69, 9.17) is 0 Å². The van der Waals surface area contributed by atoms with Gasteiger partial charge in [0.1, 0.15) is 0 Å². The van der Waals surface area contributed by atoms with Crippen molar-refractivity contribution in [3.63, 3.8) is 0 Å². The molecule has 0 saturated carbocycles. The quantitative estimate of drug-likeness (QED) is 0.452. The molecule has 0 aromatic rings. The Kier molecular flexibility index (Phi) is 217. The Morgan fingerprint density at radius 2 is 0.750 bits per heavy atom. The van der Waals surface area contributed by atoms with E-state index >= 15 is 0 Å². The van der Waals surface area contributed by atoms with Gasteiger partial charge < -0.3 is 0 Å². The number of hydrogen-bond acceptors (Lipinski definition) is 0. The third-order valence-electron chi connectivity index (χ3n) is 0. The second-order valence-corrected chi connectivity index (χ2v) is 0. The molecule has 0 aliphatic heterocycles. The topological polar surface area (TPSA) is 0 Å². The zero-order valence-corrected chi connectivity index (χ0v) is 5.13. The third kappa shape index (κ3) is 9.17. The first-order valence-electron chi connectivity index (χ1n) is 0. The van der Waals surface area contributed by atoms with Crippen LogP contribution in [-0.4, -0.2) is 8.41 Å². The van der Waals surface area contributed by atoms with E-state index in [0.29, 0.717) is 0 Å². The van der Waals surface area contributed by atoms with Crippen LogP contribution >= 0.6 is 0 Å². The summed E-state index contributed by atoms with van der Waals surface area (Å²) >= 11 is 0. The summed E-state index contributed by atoms with van der Waals surface area (Å²) in [5, 5.41) is 0. The summed E-state index contributed by atoms with van der Waals surface area (Å²) < 4.78 is 0. The molecule has 0 aliphatic carbocycles. The molecule has 0 amide bonds. The average molecular weight is 186 g/mol. The van der Waals surface area contributed by atoms with Gasteiger partial charge in [0.05, 0.1) is 0 Å². The van der Waals surface area contributed by atoms with E-state index in [-0.39, 0.29) is 64.3 Å². The molecule has 0 saturated heterocycles. The maximum Gasteiger partial charge on any atom is 0 e. The fourth-order valence-corrected chi connectivity index (χ4v) is 0. The summed E-state index contributed by atoms with van der Waals surface area (Å²) in [7, 11) is 0. The van der Waals surface area contributed by atoms with E-state index in [1.165, 1.54) is 0 Å². The molecule has 0 rings (SSSR count). The Hall–Kier alpha value is 1.82. The van der Waals surface area contributed by atoms with Gasteiger partial charge in [-0.2, -0.15) is 0 Å². The Labute approximate surface area is 63.9 Å². The minimum Gasteiger partial charge on any atom is 0 e. The van der Waals surface area contributed by atoms with E-state index in [9.17, 15) is 0 Å². The van der Waals surface area contributed by atoms with Crippen LogP contribution in [0.3, 0.4) is 0 Å². The first kappa shape index (κ1) is 40.9. The molecule has 0 aromatic heterocycles. The van der Waals surface area contributed by atoms with E-state index in [2.05, 4.69) is 0 Å². The predicted molar refractivity (Wildman–Crippen MR) is 5.75 cm³/mol. The largest absolute Gasteiger partial charge is 0 e. The van der Waals surface area contributed by atoms with Crippen LogP contribution in [-0.2, 0) is 55.9 Å². The van der Waals surface area contributed by atoms with Gasteiger partial charge in [0.2, 0.25) is 0 Å². The SMILES string of the molecule is [B].[Cu].[Cu].[Ti]. The van der Waals surface area contributed by atoms with Gasteiger partial charge in [-0.05, 0) is 0 Å². The Bertz CT molecular complexity index is 6.00. The second kappa shape index (κ2) is 21.2. The summed E-state index contributed by atoms with van der Waals surface area (Å²) in [5.41, 5.74) is 0.